The molecule has 1 saturated carbocycles. The fourth-order valence-corrected chi connectivity index (χ4v) is 4.11. The number of ether oxygens (including phenoxy) is 3. The van der Waals surface area contributed by atoms with E-state index in [9.17, 15) is 0 Å². The summed E-state index contributed by atoms with van der Waals surface area (Å²) in [6.45, 7) is 3.99. The van der Waals surface area contributed by atoms with Gasteiger partial charge in [-0.1, -0.05) is 16.8 Å². The van der Waals surface area contributed by atoms with E-state index < -0.39 is 11.2 Å². The first kappa shape index (κ1) is 16.6. The maximum Gasteiger partial charge on any atom is 0.259 e. The van der Waals surface area contributed by atoms with E-state index in [0.29, 0.717) is 46.6 Å². The van der Waals surface area contributed by atoms with Crippen LogP contribution in [0.5, 0.6) is 11.5 Å². The molecule has 2 aliphatic heterocycles. The topological polar surface area (TPSA) is 92.6 Å². The van der Waals surface area contributed by atoms with E-state index in [0.717, 1.165) is 0 Å². The van der Waals surface area contributed by atoms with Crippen molar-refractivity contribution >= 4 is 11.6 Å². The summed E-state index contributed by atoms with van der Waals surface area (Å²) in [6, 6.07) is 3.47. The maximum atomic E-state index is 6.39. The van der Waals surface area contributed by atoms with Gasteiger partial charge in [-0.05, 0) is 26.0 Å². The number of nitrogens with two attached hydrogens (primary N) is 1. The van der Waals surface area contributed by atoms with Crippen LogP contribution in [0.4, 0.5) is 0 Å². The molecular formula is C17H20ClN3O4. The lowest BCUT2D eigenvalue weighted by Gasteiger charge is -2.41. The molecule has 2 aromatic rings. The molecule has 1 aliphatic carbocycles. The second-order valence-electron chi connectivity index (χ2n) is 7.23. The summed E-state index contributed by atoms with van der Waals surface area (Å²) >= 11 is 6.26. The minimum atomic E-state index is -0.593. The third-order valence-corrected chi connectivity index (χ3v) is 5.64. The van der Waals surface area contributed by atoms with Gasteiger partial charge in [0.15, 0.2) is 17.1 Å². The molecule has 0 amide bonds. The Balaban J connectivity index is 1.69. The summed E-state index contributed by atoms with van der Waals surface area (Å²) in [4.78, 5) is 4.53. The van der Waals surface area contributed by atoms with Crippen LogP contribution in [-0.2, 0) is 10.3 Å². The molecule has 2 saturated heterocycles. The molecule has 7 nitrogen and oxygen atoms in total. The van der Waals surface area contributed by atoms with Crippen LogP contribution in [0.25, 0.3) is 11.4 Å². The van der Waals surface area contributed by atoms with Crippen molar-refractivity contribution in [1.29, 1.82) is 0 Å². The summed E-state index contributed by atoms with van der Waals surface area (Å²) < 4.78 is 22.2. The first-order chi connectivity index (χ1) is 11.7. The lowest BCUT2D eigenvalue weighted by molar-refractivity contribution is -0.0788. The second-order valence-corrected chi connectivity index (χ2v) is 7.64. The van der Waals surface area contributed by atoms with E-state index in [1.165, 1.54) is 7.11 Å². The van der Waals surface area contributed by atoms with Gasteiger partial charge in [0.2, 0.25) is 5.82 Å². The third-order valence-electron chi connectivity index (χ3n) is 5.36. The van der Waals surface area contributed by atoms with Crippen LogP contribution < -0.4 is 15.2 Å². The van der Waals surface area contributed by atoms with Gasteiger partial charge in [-0.25, -0.2) is 0 Å². The summed E-state index contributed by atoms with van der Waals surface area (Å²) in [5, 5.41) is 4.49. The van der Waals surface area contributed by atoms with Crippen molar-refractivity contribution in [1.82, 2.24) is 10.1 Å². The predicted molar refractivity (Wildman–Crippen MR) is 90.8 cm³/mol. The van der Waals surface area contributed by atoms with Gasteiger partial charge < -0.3 is 24.5 Å². The normalized spacial score (nSPS) is 29.4. The highest BCUT2D eigenvalue weighted by Gasteiger charge is 2.72. The lowest BCUT2D eigenvalue weighted by Crippen LogP contribution is -2.59. The average molecular weight is 366 g/mol. The highest BCUT2D eigenvalue weighted by atomic mass is 35.5. The number of hydrogen-bond donors (Lipinski definition) is 1. The number of aromatic nitrogens is 2. The molecule has 0 unspecified atom stereocenters. The molecule has 3 aliphatic rings. The van der Waals surface area contributed by atoms with Gasteiger partial charge in [-0.15, -0.1) is 0 Å². The van der Waals surface area contributed by atoms with E-state index in [2.05, 4.69) is 10.1 Å². The van der Waals surface area contributed by atoms with Crippen molar-refractivity contribution < 1.29 is 18.7 Å². The quantitative estimate of drug-likeness (QED) is 0.890. The van der Waals surface area contributed by atoms with E-state index in [4.69, 9.17) is 36.1 Å². The fraction of sp³-hybridized carbons (Fsp3) is 0.529. The summed E-state index contributed by atoms with van der Waals surface area (Å²) in [5.41, 5.74) is 5.69. The van der Waals surface area contributed by atoms with Crippen LogP contribution in [0.15, 0.2) is 16.7 Å². The minimum Gasteiger partial charge on any atom is -0.493 e. The average Bonchev–Trinajstić information content (AvgIpc) is 3.14. The molecule has 5 rings (SSSR count). The molecule has 1 aromatic heterocycles. The van der Waals surface area contributed by atoms with Crippen LogP contribution in [0.1, 0.15) is 32.6 Å². The SMILES string of the molecule is COc1cc(-c2noc(C34CC(N)(C3)C(C)(C)O4)n2)cc(Cl)c1OC. The van der Waals surface area contributed by atoms with Crippen molar-refractivity contribution in [3.05, 3.63) is 23.0 Å². The van der Waals surface area contributed by atoms with E-state index >= 15 is 0 Å². The first-order valence-corrected chi connectivity index (χ1v) is 8.37. The van der Waals surface area contributed by atoms with Crippen LogP contribution in [0.2, 0.25) is 5.02 Å². The number of benzene rings is 1. The summed E-state index contributed by atoms with van der Waals surface area (Å²) in [5.74, 6) is 1.82. The van der Waals surface area contributed by atoms with Gasteiger partial charge in [-0.3, -0.25) is 0 Å². The fourth-order valence-electron chi connectivity index (χ4n) is 3.82. The summed E-state index contributed by atoms with van der Waals surface area (Å²) in [7, 11) is 3.08. The van der Waals surface area contributed by atoms with Crippen molar-refractivity contribution in [2.24, 2.45) is 5.73 Å². The Morgan fingerprint density at radius 2 is 1.92 bits per heavy atom. The van der Waals surface area contributed by atoms with Crippen LogP contribution in [0, 0.1) is 0 Å². The van der Waals surface area contributed by atoms with E-state index in [-0.39, 0.29) is 5.54 Å². The van der Waals surface area contributed by atoms with Crippen LogP contribution >= 0.6 is 11.6 Å². The second kappa shape index (κ2) is 5.09. The highest BCUT2D eigenvalue weighted by Crippen LogP contribution is 2.63. The zero-order chi connectivity index (χ0) is 18.0. The maximum absolute atomic E-state index is 6.39. The Kier molecular flexibility index (Phi) is 3.39. The first-order valence-electron chi connectivity index (χ1n) is 7.99. The van der Waals surface area contributed by atoms with Crippen molar-refractivity contribution in [2.45, 2.75) is 43.4 Å². The molecule has 2 N–H and O–H groups in total. The molecular weight excluding hydrogens is 346 g/mol. The molecule has 134 valence electrons. The molecule has 0 radical (unpaired) electrons. The monoisotopic (exact) mass is 365 g/mol. The van der Waals surface area contributed by atoms with Gasteiger partial charge in [0.1, 0.15) is 0 Å². The number of halogens is 1. The standard InChI is InChI=1S/C17H20ClN3O4/c1-15(2)17(19)7-16(8-17,25-15)14-20-13(21-24-14)9-5-10(18)12(23-4)11(6-9)22-3/h5-6H,7-8,19H2,1-4H3. The molecule has 0 spiro atoms. The van der Waals surface area contributed by atoms with Gasteiger partial charge in [0.05, 0.1) is 30.4 Å². The van der Waals surface area contributed by atoms with Crippen molar-refractivity contribution in [2.75, 3.05) is 14.2 Å². The zero-order valence-corrected chi connectivity index (χ0v) is 15.3. The smallest absolute Gasteiger partial charge is 0.259 e. The number of methoxy groups -OCH3 is 2. The molecule has 1 aromatic carbocycles. The molecule has 3 heterocycles. The molecule has 0 atom stereocenters. The lowest BCUT2D eigenvalue weighted by atomic mass is 9.63. The number of fused-ring (bicyclic) bond motifs is 1. The Morgan fingerprint density at radius 3 is 2.48 bits per heavy atom. The Labute approximate surface area is 150 Å². The number of nitrogens with zero attached hydrogens (tertiary/aromatic N) is 2. The predicted octanol–water partition coefficient (Wildman–Crippen LogP) is 2.90. The minimum absolute atomic E-state index is 0.353. The zero-order valence-electron chi connectivity index (χ0n) is 14.6. The molecule has 3 fully saturated rings. The van der Waals surface area contributed by atoms with Crippen LogP contribution in [0.3, 0.4) is 0 Å². The van der Waals surface area contributed by atoms with E-state index in [1.807, 2.05) is 13.8 Å². The van der Waals surface area contributed by atoms with Gasteiger partial charge in [-0.2, -0.15) is 4.98 Å². The third kappa shape index (κ3) is 2.19. The number of rotatable bonds is 4. The van der Waals surface area contributed by atoms with Gasteiger partial charge in [0, 0.05) is 18.4 Å². The van der Waals surface area contributed by atoms with Crippen molar-refractivity contribution in [3.63, 3.8) is 0 Å². The molecule has 8 heteroatoms. The Morgan fingerprint density at radius 1 is 1.20 bits per heavy atom. The van der Waals surface area contributed by atoms with Gasteiger partial charge in [0.25, 0.3) is 5.89 Å². The Bertz CT molecular complexity index is 840. The van der Waals surface area contributed by atoms with E-state index in [1.54, 1.807) is 19.2 Å². The summed E-state index contributed by atoms with van der Waals surface area (Å²) in [6.07, 6.45) is 1.34. The van der Waals surface area contributed by atoms with Gasteiger partial charge >= 0.3 is 0 Å². The molecule has 2 bridgehead atoms. The van der Waals surface area contributed by atoms with Crippen LogP contribution in [-0.4, -0.2) is 35.5 Å². The largest absolute Gasteiger partial charge is 0.493 e. The molecule has 25 heavy (non-hydrogen) atoms. The highest BCUT2D eigenvalue weighted by molar-refractivity contribution is 6.32. The number of hydrogen-bond acceptors (Lipinski definition) is 7. The Hall–Kier alpha value is -1.83. The van der Waals surface area contributed by atoms with Crippen molar-refractivity contribution in [3.8, 4) is 22.9 Å².